The molecule has 1 aromatic rings. The van der Waals surface area contributed by atoms with Crippen LogP contribution in [0.4, 0.5) is 0 Å². The summed E-state index contributed by atoms with van der Waals surface area (Å²) < 4.78 is 5.33. The zero-order chi connectivity index (χ0) is 14.8. The van der Waals surface area contributed by atoms with Gasteiger partial charge in [-0.15, -0.1) is 0 Å². The van der Waals surface area contributed by atoms with Crippen LogP contribution in [0, 0.1) is 0 Å². The van der Waals surface area contributed by atoms with Gasteiger partial charge in [0.05, 0.1) is 12.2 Å². The molecule has 1 amide bonds. The van der Waals surface area contributed by atoms with Gasteiger partial charge in [0.15, 0.2) is 0 Å². The quantitative estimate of drug-likeness (QED) is 0.801. The van der Waals surface area contributed by atoms with Crippen LogP contribution in [-0.2, 0) is 0 Å². The minimum Gasteiger partial charge on any atom is -0.478 e. The molecule has 112 valence electrons. The number of pyridine rings is 1. The molecule has 0 aliphatic carbocycles. The lowest BCUT2D eigenvalue weighted by Gasteiger charge is -2.36. The van der Waals surface area contributed by atoms with Crippen molar-refractivity contribution in [3.05, 3.63) is 35.5 Å². The Kier molecular flexibility index (Phi) is 3.95. The first-order valence-electron chi connectivity index (χ1n) is 7.78. The second kappa shape index (κ2) is 5.88. The Bertz CT molecular complexity index is 534. The van der Waals surface area contributed by atoms with E-state index in [0.717, 1.165) is 25.7 Å². The average Bonchev–Trinajstić information content (AvgIpc) is 2.77. The van der Waals surface area contributed by atoms with Crippen LogP contribution in [0.5, 0.6) is 5.88 Å². The summed E-state index contributed by atoms with van der Waals surface area (Å²) in [6.45, 7) is 4.61. The van der Waals surface area contributed by atoms with Crippen LogP contribution in [0.25, 0.3) is 0 Å². The van der Waals surface area contributed by atoms with Gasteiger partial charge in [-0.1, -0.05) is 11.6 Å². The number of nitrogens with zero attached hydrogens (tertiary/aromatic N) is 2. The molecule has 0 radical (unpaired) electrons. The van der Waals surface area contributed by atoms with Crippen molar-refractivity contribution >= 4 is 5.91 Å². The van der Waals surface area contributed by atoms with E-state index in [1.54, 1.807) is 12.3 Å². The molecule has 2 saturated heterocycles. The minimum absolute atomic E-state index is 0.119. The zero-order valence-electron chi connectivity index (χ0n) is 12.7. The van der Waals surface area contributed by atoms with Gasteiger partial charge in [0.2, 0.25) is 5.88 Å². The van der Waals surface area contributed by atoms with Gasteiger partial charge in [-0.3, -0.25) is 4.79 Å². The van der Waals surface area contributed by atoms with Crippen LogP contribution >= 0.6 is 0 Å². The molecule has 21 heavy (non-hydrogen) atoms. The van der Waals surface area contributed by atoms with E-state index in [-0.39, 0.29) is 5.91 Å². The second-order valence-electron chi connectivity index (χ2n) is 5.77. The van der Waals surface area contributed by atoms with Crippen LogP contribution in [0.1, 0.15) is 49.9 Å². The van der Waals surface area contributed by atoms with Crippen molar-refractivity contribution in [1.82, 2.24) is 9.88 Å². The van der Waals surface area contributed by atoms with E-state index >= 15 is 0 Å². The van der Waals surface area contributed by atoms with Crippen molar-refractivity contribution < 1.29 is 9.53 Å². The minimum atomic E-state index is 0.119. The third kappa shape index (κ3) is 2.67. The first kappa shape index (κ1) is 14.1. The van der Waals surface area contributed by atoms with Crippen LogP contribution in [0.3, 0.4) is 0 Å². The summed E-state index contributed by atoms with van der Waals surface area (Å²) in [5.74, 6) is 0.695. The maximum atomic E-state index is 12.8. The van der Waals surface area contributed by atoms with Crippen molar-refractivity contribution in [2.24, 2.45) is 0 Å². The molecule has 0 aromatic carbocycles. The number of aromatic nitrogens is 1. The van der Waals surface area contributed by atoms with Crippen LogP contribution < -0.4 is 4.74 Å². The summed E-state index contributed by atoms with van der Waals surface area (Å²) in [7, 11) is 0. The van der Waals surface area contributed by atoms with E-state index in [9.17, 15) is 4.79 Å². The molecule has 1 aromatic heterocycles. The summed E-state index contributed by atoms with van der Waals surface area (Å²) in [4.78, 5) is 19.0. The zero-order valence-corrected chi connectivity index (χ0v) is 12.7. The predicted octanol–water partition coefficient (Wildman–Crippen LogP) is 3.19. The van der Waals surface area contributed by atoms with Gasteiger partial charge in [0.25, 0.3) is 5.91 Å². The summed E-state index contributed by atoms with van der Waals surface area (Å²) in [6.07, 6.45) is 8.16. The average molecular weight is 286 g/mol. The van der Waals surface area contributed by atoms with Gasteiger partial charge >= 0.3 is 0 Å². The number of hydrogen-bond donors (Lipinski definition) is 0. The lowest BCUT2D eigenvalue weighted by atomic mass is 9.96. The molecular formula is C17H22N2O2. The van der Waals surface area contributed by atoms with Gasteiger partial charge in [-0.05, 0) is 45.6 Å². The highest BCUT2D eigenvalue weighted by atomic mass is 16.5. The molecule has 0 N–H and O–H groups in total. The molecular weight excluding hydrogens is 264 g/mol. The number of piperidine rings is 1. The third-order valence-corrected chi connectivity index (χ3v) is 4.53. The summed E-state index contributed by atoms with van der Waals surface area (Å²) in [5.41, 5.74) is 2.16. The molecule has 0 saturated carbocycles. The number of amides is 1. The number of carbonyl (C=O) groups is 1. The van der Waals surface area contributed by atoms with Crippen molar-refractivity contribution in [2.45, 2.75) is 51.6 Å². The fraction of sp³-hybridized carbons (Fsp3) is 0.529. The topological polar surface area (TPSA) is 42.4 Å². The molecule has 2 atom stereocenters. The number of fused-ring (bicyclic) bond motifs is 2. The number of ether oxygens (including phenoxy) is 1. The second-order valence-corrected chi connectivity index (χ2v) is 5.77. The van der Waals surface area contributed by atoms with E-state index in [1.165, 1.54) is 5.57 Å². The highest BCUT2D eigenvalue weighted by molar-refractivity contribution is 5.94. The molecule has 2 fully saturated rings. The third-order valence-electron chi connectivity index (χ3n) is 4.53. The summed E-state index contributed by atoms with van der Waals surface area (Å²) in [6, 6.07) is 4.34. The highest BCUT2D eigenvalue weighted by Crippen LogP contribution is 2.39. The highest BCUT2D eigenvalue weighted by Gasteiger charge is 2.41. The Hall–Kier alpha value is -1.84. The number of carbonyl (C=O) groups excluding carboxylic acids is 1. The van der Waals surface area contributed by atoms with Crippen molar-refractivity contribution in [1.29, 1.82) is 0 Å². The Labute approximate surface area is 125 Å². The Morgan fingerprint density at radius 1 is 1.38 bits per heavy atom. The molecule has 3 rings (SSSR count). The first-order valence-corrected chi connectivity index (χ1v) is 7.78. The monoisotopic (exact) mass is 286 g/mol. The summed E-state index contributed by atoms with van der Waals surface area (Å²) >= 11 is 0. The Balaban J connectivity index is 1.76. The maximum absolute atomic E-state index is 12.8. The molecule has 2 aliphatic heterocycles. The van der Waals surface area contributed by atoms with Gasteiger partial charge in [-0.25, -0.2) is 4.98 Å². The molecule has 0 spiro atoms. The summed E-state index contributed by atoms with van der Waals surface area (Å²) in [5, 5.41) is 0. The fourth-order valence-corrected chi connectivity index (χ4v) is 3.51. The van der Waals surface area contributed by atoms with Crippen molar-refractivity contribution in [2.75, 3.05) is 6.61 Å². The molecule has 2 bridgehead atoms. The van der Waals surface area contributed by atoms with Gasteiger partial charge in [-0.2, -0.15) is 0 Å². The molecule has 4 nitrogen and oxygen atoms in total. The van der Waals surface area contributed by atoms with Gasteiger partial charge in [0.1, 0.15) is 0 Å². The molecule has 4 heteroatoms. The maximum Gasteiger partial charge on any atom is 0.255 e. The molecule has 2 unspecified atom stereocenters. The normalized spacial score (nSPS) is 24.1. The van der Waals surface area contributed by atoms with Gasteiger partial charge in [0, 0.05) is 24.3 Å². The standard InChI is InChI=1S/C17H22N2O2/c1-3-12-9-14-6-7-15(10-12)19(14)17(20)13-5-8-16(18-11-13)21-4-2/h3,5,8,11,14-15H,4,6-7,9-10H2,1-2H3. The van der Waals surface area contributed by atoms with E-state index in [1.807, 2.05) is 13.0 Å². The lowest BCUT2D eigenvalue weighted by Crippen LogP contribution is -2.44. The Morgan fingerprint density at radius 2 is 2.10 bits per heavy atom. The first-order chi connectivity index (χ1) is 10.2. The number of hydrogen-bond acceptors (Lipinski definition) is 3. The number of rotatable bonds is 3. The van der Waals surface area contributed by atoms with Crippen LogP contribution in [-0.4, -0.2) is 34.5 Å². The predicted molar refractivity (Wildman–Crippen MR) is 81.4 cm³/mol. The largest absolute Gasteiger partial charge is 0.478 e. The lowest BCUT2D eigenvalue weighted by molar-refractivity contribution is 0.0634. The van der Waals surface area contributed by atoms with Crippen LogP contribution in [0.2, 0.25) is 0 Å². The van der Waals surface area contributed by atoms with E-state index in [4.69, 9.17) is 4.74 Å². The van der Waals surface area contributed by atoms with E-state index in [2.05, 4.69) is 22.9 Å². The fourth-order valence-electron chi connectivity index (χ4n) is 3.51. The van der Waals surface area contributed by atoms with E-state index in [0.29, 0.717) is 30.1 Å². The smallest absolute Gasteiger partial charge is 0.255 e. The van der Waals surface area contributed by atoms with E-state index < -0.39 is 0 Å². The van der Waals surface area contributed by atoms with Crippen molar-refractivity contribution in [3.63, 3.8) is 0 Å². The van der Waals surface area contributed by atoms with Gasteiger partial charge < -0.3 is 9.64 Å². The molecule has 2 aliphatic rings. The van der Waals surface area contributed by atoms with Crippen molar-refractivity contribution in [3.8, 4) is 5.88 Å². The van der Waals surface area contributed by atoms with Crippen LogP contribution in [0.15, 0.2) is 30.0 Å². The molecule has 3 heterocycles. The SMILES string of the molecule is CC=C1CC2CCC(C1)N2C(=O)c1ccc(OCC)nc1. The Morgan fingerprint density at radius 3 is 2.62 bits per heavy atom. The number of allylic oxidation sites excluding steroid dienone is 1.